The van der Waals surface area contributed by atoms with Crippen LogP contribution in [0, 0.1) is 5.82 Å². The van der Waals surface area contributed by atoms with E-state index in [1.807, 2.05) is 60.7 Å². The number of hydrogen-bond donors (Lipinski definition) is 1. The molecule has 0 aromatic heterocycles. The van der Waals surface area contributed by atoms with Crippen molar-refractivity contribution in [1.29, 1.82) is 0 Å². The Morgan fingerprint density at radius 3 is 1.76 bits per heavy atom. The molecule has 0 aliphatic heterocycles. The Bertz CT molecular complexity index is 889. The number of hydrogen-bond acceptors (Lipinski definition) is 2. The maximum Gasteiger partial charge on any atom is 0.243 e. The van der Waals surface area contributed by atoms with Gasteiger partial charge in [0.1, 0.15) is 10.7 Å². The summed E-state index contributed by atoms with van der Waals surface area (Å²) in [6, 6.07) is 24.7. The summed E-state index contributed by atoms with van der Waals surface area (Å²) in [6.07, 6.45) is 0. The highest BCUT2D eigenvalue weighted by Crippen LogP contribution is 2.24. The predicted molar refractivity (Wildman–Crippen MR) is 96.3 cm³/mol. The third kappa shape index (κ3) is 4.13. The number of sulfonamides is 1. The van der Waals surface area contributed by atoms with Gasteiger partial charge in [0.05, 0.1) is 0 Å². The summed E-state index contributed by atoms with van der Waals surface area (Å²) in [7, 11) is -3.93. The van der Waals surface area contributed by atoms with Crippen molar-refractivity contribution in [3.8, 4) is 0 Å². The highest BCUT2D eigenvalue weighted by Gasteiger charge is 2.21. The minimum absolute atomic E-state index is 0.144. The van der Waals surface area contributed by atoms with E-state index in [0.717, 1.165) is 17.2 Å². The Kier molecular flexibility index (Phi) is 5.26. The van der Waals surface area contributed by atoms with Crippen LogP contribution in [0.3, 0.4) is 0 Å². The van der Waals surface area contributed by atoms with E-state index in [2.05, 4.69) is 4.72 Å². The standard InChI is InChI=1S/C20H18FNO2S/c21-19-13-7-8-14-20(19)25(23,24)22-15-18(16-9-3-1-4-10-16)17-11-5-2-6-12-17/h1-14,18,22H,15H2. The van der Waals surface area contributed by atoms with E-state index < -0.39 is 15.8 Å². The van der Waals surface area contributed by atoms with E-state index in [0.29, 0.717) is 0 Å². The zero-order valence-electron chi connectivity index (χ0n) is 13.5. The first-order chi connectivity index (χ1) is 12.1. The molecular weight excluding hydrogens is 337 g/mol. The quantitative estimate of drug-likeness (QED) is 0.728. The van der Waals surface area contributed by atoms with Gasteiger partial charge in [-0.25, -0.2) is 17.5 Å². The molecule has 0 spiro atoms. The molecule has 0 unspecified atom stereocenters. The van der Waals surface area contributed by atoms with E-state index in [1.54, 1.807) is 0 Å². The van der Waals surface area contributed by atoms with Gasteiger partial charge in [0.2, 0.25) is 10.0 Å². The van der Waals surface area contributed by atoms with Crippen molar-refractivity contribution in [2.45, 2.75) is 10.8 Å². The minimum Gasteiger partial charge on any atom is -0.210 e. The zero-order valence-corrected chi connectivity index (χ0v) is 14.3. The molecule has 0 bridgehead atoms. The van der Waals surface area contributed by atoms with E-state index in [4.69, 9.17) is 0 Å². The molecule has 0 saturated heterocycles. The van der Waals surface area contributed by atoms with E-state index in [9.17, 15) is 12.8 Å². The zero-order chi connectivity index (χ0) is 17.7. The van der Waals surface area contributed by atoms with Gasteiger partial charge in [0, 0.05) is 12.5 Å². The lowest BCUT2D eigenvalue weighted by Crippen LogP contribution is -2.29. The molecule has 0 fully saturated rings. The van der Waals surface area contributed by atoms with Gasteiger partial charge >= 0.3 is 0 Å². The second-order valence-corrected chi connectivity index (χ2v) is 7.39. The van der Waals surface area contributed by atoms with Crippen LogP contribution in [-0.4, -0.2) is 15.0 Å². The summed E-state index contributed by atoms with van der Waals surface area (Å²) in [6.45, 7) is 0.144. The first kappa shape index (κ1) is 17.3. The van der Waals surface area contributed by atoms with E-state index in [-0.39, 0.29) is 17.4 Å². The molecule has 0 radical (unpaired) electrons. The molecule has 25 heavy (non-hydrogen) atoms. The van der Waals surface area contributed by atoms with Crippen molar-refractivity contribution in [3.05, 3.63) is 102 Å². The second-order valence-electron chi connectivity index (χ2n) is 5.66. The van der Waals surface area contributed by atoms with Gasteiger partial charge < -0.3 is 0 Å². The lowest BCUT2D eigenvalue weighted by Gasteiger charge is -2.19. The van der Waals surface area contributed by atoms with Crippen molar-refractivity contribution < 1.29 is 12.8 Å². The van der Waals surface area contributed by atoms with Crippen LogP contribution in [0.5, 0.6) is 0 Å². The van der Waals surface area contributed by atoms with Gasteiger partial charge in [-0.15, -0.1) is 0 Å². The smallest absolute Gasteiger partial charge is 0.210 e. The molecule has 3 nitrogen and oxygen atoms in total. The average Bonchev–Trinajstić information content (AvgIpc) is 2.64. The Labute approximate surface area is 147 Å². The maximum atomic E-state index is 13.8. The highest BCUT2D eigenvalue weighted by molar-refractivity contribution is 7.89. The van der Waals surface area contributed by atoms with Crippen LogP contribution >= 0.6 is 0 Å². The van der Waals surface area contributed by atoms with Crippen molar-refractivity contribution >= 4 is 10.0 Å². The van der Waals surface area contributed by atoms with Crippen molar-refractivity contribution in [3.63, 3.8) is 0 Å². The second kappa shape index (κ2) is 7.59. The molecule has 3 rings (SSSR count). The van der Waals surface area contributed by atoms with Crippen LogP contribution < -0.4 is 4.72 Å². The summed E-state index contributed by atoms with van der Waals surface area (Å²) in [5.41, 5.74) is 1.98. The first-order valence-electron chi connectivity index (χ1n) is 7.92. The third-order valence-corrected chi connectivity index (χ3v) is 5.46. The summed E-state index contributed by atoms with van der Waals surface area (Å²) >= 11 is 0. The van der Waals surface area contributed by atoms with Crippen LogP contribution in [0.25, 0.3) is 0 Å². The monoisotopic (exact) mass is 355 g/mol. The molecule has 5 heteroatoms. The Morgan fingerprint density at radius 2 is 1.24 bits per heavy atom. The number of halogens is 1. The molecule has 0 aliphatic rings. The summed E-state index contributed by atoms with van der Waals surface area (Å²) < 4.78 is 41.3. The first-order valence-corrected chi connectivity index (χ1v) is 9.40. The summed E-state index contributed by atoms with van der Waals surface area (Å²) in [4.78, 5) is -0.338. The van der Waals surface area contributed by atoms with Gasteiger partial charge in [-0.3, -0.25) is 0 Å². The molecule has 128 valence electrons. The minimum atomic E-state index is -3.93. The van der Waals surface area contributed by atoms with E-state index >= 15 is 0 Å². The summed E-state index contributed by atoms with van der Waals surface area (Å²) in [5.74, 6) is -0.921. The molecule has 0 heterocycles. The average molecular weight is 355 g/mol. The van der Waals surface area contributed by atoms with Crippen LogP contribution in [-0.2, 0) is 10.0 Å². The van der Waals surface area contributed by atoms with Gasteiger partial charge in [0.25, 0.3) is 0 Å². The number of rotatable bonds is 6. The van der Waals surface area contributed by atoms with Crippen LogP contribution in [0.4, 0.5) is 4.39 Å². The van der Waals surface area contributed by atoms with Crippen LogP contribution in [0.15, 0.2) is 89.8 Å². The molecular formula is C20H18FNO2S. The van der Waals surface area contributed by atoms with Gasteiger partial charge in [-0.1, -0.05) is 72.8 Å². The molecule has 0 aliphatic carbocycles. The topological polar surface area (TPSA) is 46.2 Å². The molecule has 0 amide bonds. The molecule has 0 atom stereocenters. The Morgan fingerprint density at radius 1 is 0.760 bits per heavy atom. The number of benzene rings is 3. The Hall–Kier alpha value is -2.50. The third-order valence-electron chi connectivity index (χ3n) is 4.01. The molecule has 3 aromatic rings. The fourth-order valence-electron chi connectivity index (χ4n) is 2.73. The molecule has 0 saturated carbocycles. The fraction of sp³-hybridized carbons (Fsp3) is 0.100. The largest absolute Gasteiger partial charge is 0.243 e. The van der Waals surface area contributed by atoms with Crippen LogP contribution in [0.2, 0.25) is 0 Å². The van der Waals surface area contributed by atoms with Crippen molar-refractivity contribution in [2.24, 2.45) is 0 Å². The van der Waals surface area contributed by atoms with Gasteiger partial charge in [0.15, 0.2) is 0 Å². The van der Waals surface area contributed by atoms with Crippen LogP contribution in [0.1, 0.15) is 17.0 Å². The Balaban J connectivity index is 1.88. The normalized spacial score (nSPS) is 11.6. The lowest BCUT2D eigenvalue weighted by atomic mass is 9.92. The summed E-state index contributed by atoms with van der Waals surface area (Å²) in [5, 5.41) is 0. The lowest BCUT2D eigenvalue weighted by molar-refractivity contribution is 0.554. The number of nitrogens with one attached hydrogen (secondary N) is 1. The van der Waals surface area contributed by atoms with E-state index in [1.165, 1.54) is 18.2 Å². The molecule has 1 N–H and O–H groups in total. The fourth-order valence-corrected chi connectivity index (χ4v) is 3.86. The van der Waals surface area contributed by atoms with Crippen molar-refractivity contribution in [1.82, 2.24) is 4.72 Å². The SMILES string of the molecule is O=S(=O)(NCC(c1ccccc1)c1ccccc1)c1ccccc1F. The molecule has 3 aromatic carbocycles. The predicted octanol–water partition coefficient (Wildman–Crippen LogP) is 3.94. The van der Waals surface area contributed by atoms with Gasteiger partial charge in [-0.2, -0.15) is 0 Å². The highest BCUT2D eigenvalue weighted by atomic mass is 32.2. The van der Waals surface area contributed by atoms with Crippen molar-refractivity contribution in [2.75, 3.05) is 6.54 Å². The van der Waals surface area contributed by atoms with Gasteiger partial charge in [-0.05, 0) is 23.3 Å². The maximum absolute atomic E-state index is 13.8.